The fourth-order valence-electron chi connectivity index (χ4n) is 3.61. The summed E-state index contributed by atoms with van der Waals surface area (Å²) in [4.78, 5) is 4.59. The van der Waals surface area contributed by atoms with E-state index in [0.29, 0.717) is 0 Å². The lowest BCUT2D eigenvalue weighted by Gasteiger charge is -2.40. The summed E-state index contributed by atoms with van der Waals surface area (Å²) in [6, 6.07) is 0.0303. The van der Waals surface area contributed by atoms with Crippen molar-refractivity contribution in [3.63, 3.8) is 0 Å². The van der Waals surface area contributed by atoms with Crippen LogP contribution in [-0.4, -0.2) is 70.5 Å². The first kappa shape index (κ1) is 12.6. The van der Waals surface area contributed by atoms with E-state index in [9.17, 15) is 10.2 Å². The van der Waals surface area contributed by atoms with Crippen LogP contribution < -0.4 is 0 Å². The average molecular weight is 252 g/mol. The second-order valence-electron chi connectivity index (χ2n) is 5.83. The summed E-state index contributed by atoms with van der Waals surface area (Å²) in [7, 11) is 0. The van der Waals surface area contributed by atoms with Gasteiger partial charge in [-0.25, -0.2) is 0 Å². The van der Waals surface area contributed by atoms with E-state index in [2.05, 4.69) is 22.0 Å². The molecule has 2 N–H and O–H groups in total. The first-order valence-electron chi connectivity index (χ1n) is 7.30. The molecule has 18 heavy (non-hydrogen) atoms. The molecule has 4 atom stereocenters. The van der Waals surface area contributed by atoms with Crippen molar-refractivity contribution in [1.82, 2.24) is 9.80 Å². The monoisotopic (exact) mass is 252 g/mol. The second-order valence-corrected chi connectivity index (χ2v) is 5.83. The van der Waals surface area contributed by atoms with Crippen molar-refractivity contribution >= 4 is 0 Å². The smallest absolute Gasteiger partial charge is 0.101 e. The molecule has 4 heteroatoms. The molecular weight excluding hydrogens is 228 g/mol. The van der Waals surface area contributed by atoms with E-state index in [4.69, 9.17) is 0 Å². The molecule has 0 amide bonds. The highest BCUT2D eigenvalue weighted by Crippen LogP contribution is 2.26. The van der Waals surface area contributed by atoms with Crippen molar-refractivity contribution in [1.29, 1.82) is 0 Å². The quantitative estimate of drug-likeness (QED) is 0.690. The van der Waals surface area contributed by atoms with Crippen molar-refractivity contribution < 1.29 is 10.2 Å². The zero-order valence-electron chi connectivity index (χ0n) is 10.9. The molecule has 2 saturated heterocycles. The Labute approximate surface area is 109 Å². The first-order valence-corrected chi connectivity index (χ1v) is 7.30. The Morgan fingerprint density at radius 3 is 1.33 bits per heavy atom. The standard InChI is InChI=1S/C14H24N2O2/c17-13-11(15-7-1-2-8-15)5-6-12(14(13)18)16-9-3-4-10-16/h5-6,11-14,17-18H,1-4,7-10H2/t11-,12-,13+,14+/m1/s1. The van der Waals surface area contributed by atoms with Gasteiger partial charge < -0.3 is 10.2 Å². The minimum Gasteiger partial charge on any atom is -0.388 e. The van der Waals surface area contributed by atoms with Gasteiger partial charge in [0.1, 0.15) is 12.2 Å². The molecule has 3 rings (SSSR count). The highest BCUT2D eigenvalue weighted by molar-refractivity contribution is 5.14. The molecule has 2 fully saturated rings. The van der Waals surface area contributed by atoms with Gasteiger partial charge in [-0.1, -0.05) is 12.2 Å². The molecule has 0 aromatic heterocycles. The minimum atomic E-state index is -0.640. The van der Waals surface area contributed by atoms with Crippen LogP contribution in [0.1, 0.15) is 25.7 Å². The predicted molar refractivity (Wildman–Crippen MR) is 70.3 cm³/mol. The highest BCUT2D eigenvalue weighted by atomic mass is 16.3. The van der Waals surface area contributed by atoms with Crippen LogP contribution in [0.3, 0.4) is 0 Å². The number of aliphatic hydroxyl groups is 2. The molecule has 2 aliphatic heterocycles. The minimum absolute atomic E-state index is 0.0151. The van der Waals surface area contributed by atoms with Gasteiger partial charge in [-0.3, -0.25) is 9.80 Å². The zero-order chi connectivity index (χ0) is 12.5. The molecule has 0 aromatic rings. The molecular formula is C14H24N2O2. The Kier molecular flexibility index (Phi) is 3.71. The topological polar surface area (TPSA) is 46.9 Å². The molecule has 2 heterocycles. The fourth-order valence-corrected chi connectivity index (χ4v) is 3.61. The van der Waals surface area contributed by atoms with Crippen LogP contribution in [0.25, 0.3) is 0 Å². The molecule has 1 aliphatic carbocycles. The predicted octanol–water partition coefficient (Wildman–Crippen LogP) is 0.207. The molecule has 0 bridgehead atoms. The Bertz CT molecular complexity index is 279. The van der Waals surface area contributed by atoms with Crippen molar-refractivity contribution in [2.24, 2.45) is 0 Å². The molecule has 102 valence electrons. The molecule has 0 radical (unpaired) electrons. The molecule has 4 nitrogen and oxygen atoms in total. The zero-order valence-corrected chi connectivity index (χ0v) is 10.9. The van der Waals surface area contributed by atoms with Gasteiger partial charge in [-0.05, 0) is 51.9 Å². The summed E-state index contributed by atoms with van der Waals surface area (Å²) < 4.78 is 0. The van der Waals surface area contributed by atoms with Gasteiger partial charge in [-0.15, -0.1) is 0 Å². The largest absolute Gasteiger partial charge is 0.388 e. The maximum Gasteiger partial charge on any atom is 0.101 e. The lowest BCUT2D eigenvalue weighted by molar-refractivity contribution is -0.0558. The Morgan fingerprint density at radius 1 is 0.667 bits per heavy atom. The van der Waals surface area contributed by atoms with Crippen LogP contribution in [0.2, 0.25) is 0 Å². The number of likely N-dealkylation sites (tertiary alicyclic amines) is 2. The third kappa shape index (κ3) is 2.23. The normalized spacial score (nSPS) is 42.8. The number of hydrogen-bond donors (Lipinski definition) is 2. The van der Waals surface area contributed by atoms with Crippen molar-refractivity contribution in [3.05, 3.63) is 12.2 Å². The van der Waals surface area contributed by atoms with Crippen molar-refractivity contribution in [2.45, 2.75) is 50.0 Å². The lowest BCUT2D eigenvalue weighted by Crippen LogP contribution is -2.56. The van der Waals surface area contributed by atoms with Gasteiger partial charge in [0.25, 0.3) is 0 Å². The molecule has 0 spiro atoms. The van der Waals surface area contributed by atoms with E-state index in [1.54, 1.807) is 0 Å². The van der Waals surface area contributed by atoms with Crippen LogP contribution in [-0.2, 0) is 0 Å². The fraction of sp³-hybridized carbons (Fsp3) is 0.857. The van der Waals surface area contributed by atoms with Crippen LogP contribution in [0.15, 0.2) is 12.2 Å². The highest BCUT2D eigenvalue weighted by Gasteiger charge is 2.40. The lowest BCUT2D eigenvalue weighted by atomic mass is 9.90. The molecule has 0 aromatic carbocycles. The van der Waals surface area contributed by atoms with E-state index in [1.807, 2.05) is 0 Å². The van der Waals surface area contributed by atoms with Crippen LogP contribution in [0.4, 0.5) is 0 Å². The number of aliphatic hydroxyl groups excluding tert-OH is 2. The summed E-state index contributed by atoms with van der Waals surface area (Å²) in [5, 5.41) is 20.7. The number of nitrogens with zero attached hydrogens (tertiary/aromatic N) is 2. The Balaban J connectivity index is 1.71. The van der Waals surface area contributed by atoms with Crippen molar-refractivity contribution in [3.8, 4) is 0 Å². The van der Waals surface area contributed by atoms with Crippen LogP contribution >= 0.6 is 0 Å². The van der Waals surface area contributed by atoms with Crippen molar-refractivity contribution in [2.75, 3.05) is 26.2 Å². The molecule has 3 aliphatic rings. The third-order valence-electron chi connectivity index (χ3n) is 4.68. The van der Waals surface area contributed by atoms with Gasteiger partial charge in [0.05, 0.1) is 12.1 Å². The van der Waals surface area contributed by atoms with E-state index in [1.165, 1.54) is 25.7 Å². The Hall–Kier alpha value is -0.420. The second kappa shape index (κ2) is 5.29. The summed E-state index contributed by atoms with van der Waals surface area (Å²) in [5.74, 6) is 0. The SMILES string of the molecule is O[C@@H]1[C@@H](O)[C@H](N2CCCC2)C=C[C@H]1N1CCCC1. The number of rotatable bonds is 2. The third-order valence-corrected chi connectivity index (χ3v) is 4.68. The van der Waals surface area contributed by atoms with Gasteiger partial charge in [0.15, 0.2) is 0 Å². The van der Waals surface area contributed by atoms with Crippen LogP contribution in [0, 0.1) is 0 Å². The van der Waals surface area contributed by atoms with Crippen LogP contribution in [0.5, 0.6) is 0 Å². The average Bonchev–Trinajstić information content (AvgIpc) is 3.03. The molecule has 0 unspecified atom stereocenters. The van der Waals surface area contributed by atoms with Gasteiger partial charge in [0, 0.05) is 0 Å². The van der Waals surface area contributed by atoms with Gasteiger partial charge in [-0.2, -0.15) is 0 Å². The number of hydrogen-bond acceptors (Lipinski definition) is 4. The summed E-state index contributed by atoms with van der Waals surface area (Å²) in [5.41, 5.74) is 0. The first-order chi connectivity index (χ1) is 8.77. The Morgan fingerprint density at radius 2 is 1.00 bits per heavy atom. The summed E-state index contributed by atoms with van der Waals surface area (Å²) in [6.07, 6.45) is 7.80. The van der Waals surface area contributed by atoms with E-state index in [-0.39, 0.29) is 12.1 Å². The molecule has 0 saturated carbocycles. The van der Waals surface area contributed by atoms with E-state index in [0.717, 1.165) is 26.2 Å². The van der Waals surface area contributed by atoms with Gasteiger partial charge >= 0.3 is 0 Å². The van der Waals surface area contributed by atoms with E-state index < -0.39 is 12.2 Å². The van der Waals surface area contributed by atoms with E-state index >= 15 is 0 Å². The maximum atomic E-state index is 10.4. The van der Waals surface area contributed by atoms with Gasteiger partial charge in [0.2, 0.25) is 0 Å². The summed E-state index contributed by atoms with van der Waals surface area (Å²) >= 11 is 0. The maximum absolute atomic E-state index is 10.4. The summed E-state index contributed by atoms with van der Waals surface area (Å²) in [6.45, 7) is 4.20.